The smallest absolute Gasteiger partial charge is 0.282 e. The summed E-state index contributed by atoms with van der Waals surface area (Å²) in [5.74, 6) is 0.0834. The van der Waals surface area contributed by atoms with E-state index >= 15 is 0 Å². The van der Waals surface area contributed by atoms with Crippen molar-refractivity contribution in [1.29, 1.82) is 0 Å². The summed E-state index contributed by atoms with van der Waals surface area (Å²) < 4.78 is 0.595. The number of rotatable bonds is 4. The van der Waals surface area contributed by atoms with Crippen molar-refractivity contribution in [2.24, 2.45) is 0 Å². The van der Waals surface area contributed by atoms with Crippen molar-refractivity contribution >= 4 is 39.9 Å². The van der Waals surface area contributed by atoms with Crippen molar-refractivity contribution in [3.63, 3.8) is 0 Å². The molecule has 1 atom stereocenters. The molecule has 0 radical (unpaired) electrons. The third-order valence-corrected chi connectivity index (χ3v) is 3.65. The third kappa shape index (κ3) is 3.09. The molecule has 1 fully saturated rings. The van der Waals surface area contributed by atoms with Crippen molar-refractivity contribution in [1.82, 2.24) is 5.32 Å². The summed E-state index contributed by atoms with van der Waals surface area (Å²) in [7, 11) is 0. The number of carbonyl (C=O) groups excluding carboxylic acids is 1. The van der Waals surface area contributed by atoms with Crippen LogP contribution in [0.4, 0.5) is 11.4 Å². The van der Waals surface area contributed by atoms with Gasteiger partial charge in [-0.05, 0) is 41.1 Å². The van der Waals surface area contributed by atoms with Crippen LogP contribution in [0, 0.1) is 13.7 Å². The zero-order valence-corrected chi connectivity index (χ0v) is 11.6. The van der Waals surface area contributed by atoms with Crippen LogP contribution in [0.25, 0.3) is 0 Å². The van der Waals surface area contributed by atoms with Crippen molar-refractivity contribution in [2.75, 3.05) is 11.9 Å². The second kappa shape index (κ2) is 5.51. The molecular formula is C11H12IN3O3. The van der Waals surface area contributed by atoms with E-state index in [4.69, 9.17) is 0 Å². The maximum Gasteiger partial charge on any atom is 0.282 e. The maximum atomic E-state index is 11.0. The van der Waals surface area contributed by atoms with Gasteiger partial charge in [-0.2, -0.15) is 0 Å². The quantitative estimate of drug-likeness (QED) is 0.487. The van der Waals surface area contributed by atoms with Crippen LogP contribution >= 0.6 is 22.6 Å². The van der Waals surface area contributed by atoms with E-state index in [9.17, 15) is 14.9 Å². The molecule has 1 aliphatic heterocycles. The molecule has 1 aliphatic rings. The molecule has 2 rings (SSSR count). The lowest BCUT2D eigenvalue weighted by Crippen LogP contribution is -2.31. The second-order valence-electron chi connectivity index (χ2n) is 4.11. The highest BCUT2D eigenvalue weighted by molar-refractivity contribution is 14.1. The van der Waals surface area contributed by atoms with Gasteiger partial charge < -0.3 is 10.6 Å². The van der Waals surface area contributed by atoms with Crippen molar-refractivity contribution in [3.8, 4) is 0 Å². The number of anilines is 1. The first kappa shape index (κ1) is 13.1. The molecule has 1 heterocycles. The number of nitro groups is 1. The number of benzene rings is 1. The Morgan fingerprint density at radius 3 is 2.89 bits per heavy atom. The summed E-state index contributed by atoms with van der Waals surface area (Å²) in [6.45, 7) is 0.639. The molecule has 0 bridgehead atoms. The van der Waals surface area contributed by atoms with Gasteiger partial charge in [0.15, 0.2) is 0 Å². The monoisotopic (exact) mass is 361 g/mol. The molecule has 0 saturated carbocycles. The third-order valence-electron chi connectivity index (χ3n) is 2.78. The summed E-state index contributed by atoms with van der Waals surface area (Å²) in [6, 6.07) is 5.04. The fourth-order valence-corrected chi connectivity index (χ4v) is 2.55. The molecule has 1 aromatic rings. The minimum absolute atomic E-state index is 0.0834. The lowest BCUT2D eigenvalue weighted by molar-refractivity contribution is -0.385. The average molecular weight is 361 g/mol. The number of amides is 1. The van der Waals surface area contributed by atoms with Gasteiger partial charge in [0.05, 0.1) is 8.49 Å². The zero-order chi connectivity index (χ0) is 13.1. The number of hydrogen-bond donors (Lipinski definition) is 2. The first-order valence-corrected chi connectivity index (χ1v) is 6.61. The van der Waals surface area contributed by atoms with Crippen LogP contribution in [-0.2, 0) is 4.79 Å². The van der Waals surface area contributed by atoms with Gasteiger partial charge in [0.1, 0.15) is 0 Å². The number of nitrogens with zero attached hydrogens (tertiary/aromatic N) is 1. The van der Waals surface area contributed by atoms with Gasteiger partial charge in [-0.25, -0.2) is 0 Å². The lowest BCUT2D eigenvalue weighted by atomic mass is 10.2. The van der Waals surface area contributed by atoms with Crippen LogP contribution in [0.2, 0.25) is 0 Å². The Balaban J connectivity index is 1.96. The predicted molar refractivity (Wildman–Crippen MR) is 75.5 cm³/mol. The van der Waals surface area contributed by atoms with Gasteiger partial charge in [-0.3, -0.25) is 14.9 Å². The van der Waals surface area contributed by atoms with E-state index in [0.29, 0.717) is 16.5 Å². The van der Waals surface area contributed by atoms with Crippen molar-refractivity contribution in [2.45, 2.75) is 18.9 Å². The molecule has 1 aromatic carbocycles. The molecule has 2 N–H and O–H groups in total. The maximum absolute atomic E-state index is 11.0. The fourth-order valence-electron chi connectivity index (χ4n) is 1.84. The van der Waals surface area contributed by atoms with Gasteiger partial charge in [-0.1, -0.05) is 0 Å². The van der Waals surface area contributed by atoms with Crippen molar-refractivity contribution < 1.29 is 9.72 Å². The Morgan fingerprint density at radius 2 is 2.33 bits per heavy atom. The molecule has 1 amide bonds. The highest BCUT2D eigenvalue weighted by atomic mass is 127. The molecule has 96 valence electrons. The van der Waals surface area contributed by atoms with Crippen LogP contribution in [-0.4, -0.2) is 23.4 Å². The Bertz CT molecular complexity index is 492. The normalized spacial score (nSPS) is 18.5. The van der Waals surface area contributed by atoms with Crippen LogP contribution in [0.5, 0.6) is 0 Å². The number of halogens is 1. The molecular weight excluding hydrogens is 349 g/mol. The fraction of sp³-hybridized carbons (Fsp3) is 0.364. The number of nitrogens with one attached hydrogen (secondary N) is 2. The van der Waals surface area contributed by atoms with Crippen LogP contribution < -0.4 is 10.6 Å². The minimum Gasteiger partial charge on any atom is -0.383 e. The second-order valence-corrected chi connectivity index (χ2v) is 5.27. The molecule has 1 unspecified atom stereocenters. The number of nitro benzene ring substituents is 1. The molecule has 6 nitrogen and oxygen atoms in total. The van der Waals surface area contributed by atoms with E-state index in [-0.39, 0.29) is 17.6 Å². The van der Waals surface area contributed by atoms with Gasteiger partial charge >= 0.3 is 0 Å². The largest absolute Gasteiger partial charge is 0.383 e. The molecule has 1 saturated heterocycles. The Labute approximate surface area is 117 Å². The Kier molecular flexibility index (Phi) is 4.00. The van der Waals surface area contributed by atoms with E-state index in [0.717, 1.165) is 12.1 Å². The predicted octanol–water partition coefficient (Wildman–Crippen LogP) is 1.89. The van der Waals surface area contributed by atoms with Gasteiger partial charge in [0, 0.05) is 30.8 Å². The van der Waals surface area contributed by atoms with Crippen LogP contribution in [0.3, 0.4) is 0 Å². The Hall–Kier alpha value is -1.38. The molecule has 0 aromatic heterocycles. The van der Waals surface area contributed by atoms with Gasteiger partial charge in [0.25, 0.3) is 5.69 Å². The van der Waals surface area contributed by atoms with Crippen molar-refractivity contribution in [3.05, 3.63) is 31.9 Å². The minimum atomic E-state index is -0.400. The summed E-state index contributed by atoms with van der Waals surface area (Å²) in [5, 5.41) is 16.7. The lowest BCUT2D eigenvalue weighted by Gasteiger charge is -2.12. The molecule has 18 heavy (non-hydrogen) atoms. The van der Waals surface area contributed by atoms with E-state index in [1.54, 1.807) is 12.1 Å². The number of hydrogen-bond acceptors (Lipinski definition) is 4. The zero-order valence-electron chi connectivity index (χ0n) is 9.48. The first-order chi connectivity index (χ1) is 8.56. The highest BCUT2D eigenvalue weighted by Crippen LogP contribution is 2.24. The molecule has 0 spiro atoms. The topological polar surface area (TPSA) is 84.3 Å². The summed E-state index contributed by atoms with van der Waals surface area (Å²) in [6.07, 6.45) is 1.40. The number of carbonyl (C=O) groups is 1. The van der Waals surface area contributed by atoms with E-state index in [1.165, 1.54) is 6.07 Å². The molecule has 0 aliphatic carbocycles. The Morgan fingerprint density at radius 1 is 1.56 bits per heavy atom. The summed E-state index contributed by atoms with van der Waals surface area (Å²) in [5.41, 5.74) is 0.932. The SMILES string of the molecule is O=C1CCC(CNc2ccc([N+](=O)[O-])c(I)c2)N1. The van der Waals surface area contributed by atoms with E-state index in [1.807, 2.05) is 22.6 Å². The average Bonchev–Trinajstić information content (AvgIpc) is 2.72. The van der Waals surface area contributed by atoms with Gasteiger partial charge in [0.2, 0.25) is 5.91 Å². The molecule has 7 heteroatoms. The van der Waals surface area contributed by atoms with Crippen LogP contribution in [0.15, 0.2) is 18.2 Å². The van der Waals surface area contributed by atoms with E-state index < -0.39 is 4.92 Å². The standard InChI is InChI=1S/C11H12IN3O3/c12-9-5-7(1-3-10(9)15(17)18)13-6-8-2-4-11(16)14-8/h1,3,5,8,13H,2,4,6H2,(H,14,16). The van der Waals surface area contributed by atoms with Crippen LogP contribution in [0.1, 0.15) is 12.8 Å². The van der Waals surface area contributed by atoms with Gasteiger partial charge in [-0.15, -0.1) is 0 Å². The van der Waals surface area contributed by atoms with E-state index in [2.05, 4.69) is 10.6 Å². The highest BCUT2D eigenvalue weighted by Gasteiger charge is 2.20. The summed E-state index contributed by atoms with van der Waals surface area (Å²) >= 11 is 1.94. The summed E-state index contributed by atoms with van der Waals surface area (Å²) in [4.78, 5) is 21.3. The first-order valence-electron chi connectivity index (χ1n) is 5.53.